The lowest BCUT2D eigenvalue weighted by Crippen LogP contribution is -2.39. The van der Waals surface area contributed by atoms with Crippen molar-refractivity contribution >= 4 is 27.5 Å². The van der Waals surface area contributed by atoms with E-state index >= 15 is 0 Å². The van der Waals surface area contributed by atoms with E-state index in [4.69, 9.17) is 4.74 Å². The number of hydrogen-bond acceptors (Lipinski definition) is 7. The van der Waals surface area contributed by atoms with E-state index in [0.717, 1.165) is 29.3 Å². The van der Waals surface area contributed by atoms with E-state index in [-0.39, 0.29) is 11.7 Å². The third kappa shape index (κ3) is 3.44. The van der Waals surface area contributed by atoms with Crippen LogP contribution in [0.4, 0.5) is 5.69 Å². The van der Waals surface area contributed by atoms with Gasteiger partial charge >= 0.3 is 0 Å². The molecule has 0 bridgehead atoms. The lowest BCUT2D eigenvalue weighted by atomic mass is 10.1. The number of piperidine rings is 1. The van der Waals surface area contributed by atoms with E-state index in [0.29, 0.717) is 35.7 Å². The molecule has 1 saturated heterocycles. The zero-order chi connectivity index (χ0) is 21.4. The minimum absolute atomic E-state index is 0.0109. The number of rotatable bonds is 3. The number of benzene rings is 1. The van der Waals surface area contributed by atoms with Gasteiger partial charge in [0.15, 0.2) is 0 Å². The van der Waals surface area contributed by atoms with Crippen LogP contribution in [0.15, 0.2) is 53.5 Å². The van der Waals surface area contributed by atoms with Gasteiger partial charge in [0.05, 0.1) is 17.4 Å². The number of ether oxygens (including phenoxy) is 1. The minimum atomic E-state index is -0.0987. The highest BCUT2D eigenvalue weighted by Crippen LogP contribution is 2.29. The summed E-state index contributed by atoms with van der Waals surface area (Å²) in [5.74, 6) is 0.552. The van der Waals surface area contributed by atoms with Crippen molar-refractivity contribution in [3.8, 4) is 11.9 Å². The second-order valence-electron chi connectivity index (χ2n) is 7.64. The predicted molar refractivity (Wildman–Crippen MR) is 117 cm³/mol. The molecule has 0 spiro atoms. The fourth-order valence-corrected chi connectivity index (χ4v) is 4.08. The van der Waals surface area contributed by atoms with Gasteiger partial charge in [0.2, 0.25) is 5.88 Å². The number of hydrogen-bond donors (Lipinski definition) is 0. The Labute approximate surface area is 178 Å². The zero-order valence-electron chi connectivity index (χ0n) is 17.0. The molecular formula is C23H20N6O2. The normalized spacial score (nSPS) is 14.6. The Bertz CT molecular complexity index is 1380. The van der Waals surface area contributed by atoms with Crippen LogP contribution in [0.2, 0.25) is 0 Å². The number of fused-ring (bicyclic) bond motifs is 2. The Morgan fingerprint density at radius 3 is 2.77 bits per heavy atom. The van der Waals surface area contributed by atoms with Crippen LogP contribution in [0.25, 0.3) is 21.8 Å². The highest BCUT2D eigenvalue weighted by molar-refractivity contribution is 5.89. The monoisotopic (exact) mass is 412 g/mol. The van der Waals surface area contributed by atoms with Gasteiger partial charge in [-0.3, -0.25) is 4.79 Å². The van der Waals surface area contributed by atoms with Crippen LogP contribution in [0.5, 0.6) is 5.88 Å². The van der Waals surface area contributed by atoms with E-state index in [2.05, 4.69) is 26.2 Å². The molecule has 31 heavy (non-hydrogen) atoms. The van der Waals surface area contributed by atoms with E-state index in [1.165, 1.54) is 0 Å². The average Bonchev–Trinajstić information content (AvgIpc) is 2.82. The Kier molecular flexibility index (Phi) is 4.71. The van der Waals surface area contributed by atoms with Crippen molar-refractivity contribution in [3.63, 3.8) is 0 Å². The van der Waals surface area contributed by atoms with E-state index in [1.54, 1.807) is 36.0 Å². The molecule has 0 unspecified atom stereocenters. The Morgan fingerprint density at radius 1 is 1.16 bits per heavy atom. The molecule has 5 rings (SSSR count). The first kappa shape index (κ1) is 19.0. The Morgan fingerprint density at radius 2 is 1.97 bits per heavy atom. The summed E-state index contributed by atoms with van der Waals surface area (Å²) in [7, 11) is 1.72. The number of nitriles is 1. The molecule has 1 aliphatic rings. The van der Waals surface area contributed by atoms with Gasteiger partial charge in [-0.1, -0.05) is 18.2 Å². The van der Waals surface area contributed by atoms with Gasteiger partial charge < -0.3 is 14.2 Å². The van der Waals surface area contributed by atoms with Crippen LogP contribution in [0.1, 0.15) is 18.5 Å². The summed E-state index contributed by atoms with van der Waals surface area (Å²) in [5, 5.41) is 19.4. The first-order valence-corrected chi connectivity index (χ1v) is 10.2. The molecule has 1 aliphatic heterocycles. The molecule has 0 saturated carbocycles. The highest BCUT2D eigenvalue weighted by Gasteiger charge is 2.24. The van der Waals surface area contributed by atoms with E-state index < -0.39 is 0 Å². The van der Waals surface area contributed by atoms with Crippen LogP contribution in [0, 0.1) is 11.3 Å². The van der Waals surface area contributed by atoms with Gasteiger partial charge in [0, 0.05) is 49.8 Å². The summed E-state index contributed by atoms with van der Waals surface area (Å²) >= 11 is 0. The molecule has 0 aliphatic carbocycles. The van der Waals surface area contributed by atoms with Gasteiger partial charge in [-0.2, -0.15) is 10.4 Å². The van der Waals surface area contributed by atoms with Gasteiger partial charge in [-0.15, -0.1) is 5.10 Å². The standard InChI is InChI=1S/C23H20N6O2/c1-28-19-7-6-16(13-24)26-22(19)20(12-21(28)30)29-10-8-17(9-11-29)31-23-18-5-3-2-4-15(18)14-25-27-23/h2-7,12,14,17H,8-11H2,1H3. The lowest BCUT2D eigenvalue weighted by Gasteiger charge is -2.34. The second kappa shape index (κ2) is 7.69. The number of aromatic nitrogens is 4. The first-order valence-electron chi connectivity index (χ1n) is 10.2. The number of anilines is 1. The quantitative estimate of drug-likeness (QED) is 0.510. The smallest absolute Gasteiger partial charge is 0.252 e. The van der Waals surface area contributed by atoms with Gasteiger partial charge in [-0.05, 0) is 18.2 Å². The van der Waals surface area contributed by atoms with Crippen LogP contribution in [-0.4, -0.2) is 38.9 Å². The van der Waals surface area contributed by atoms with Crippen molar-refractivity contribution in [1.82, 2.24) is 19.7 Å². The van der Waals surface area contributed by atoms with Crippen molar-refractivity contribution in [1.29, 1.82) is 5.26 Å². The molecule has 8 heteroatoms. The second-order valence-corrected chi connectivity index (χ2v) is 7.64. The summed E-state index contributed by atoms with van der Waals surface area (Å²) < 4.78 is 7.75. The molecule has 0 atom stereocenters. The number of nitrogens with zero attached hydrogens (tertiary/aromatic N) is 6. The predicted octanol–water partition coefficient (Wildman–Crippen LogP) is 2.80. The molecular weight excluding hydrogens is 392 g/mol. The third-order valence-corrected chi connectivity index (χ3v) is 5.78. The maximum atomic E-state index is 12.5. The average molecular weight is 412 g/mol. The van der Waals surface area contributed by atoms with E-state index in [9.17, 15) is 10.1 Å². The molecule has 1 aromatic carbocycles. The minimum Gasteiger partial charge on any atom is -0.473 e. The van der Waals surface area contributed by atoms with Crippen LogP contribution >= 0.6 is 0 Å². The van der Waals surface area contributed by atoms with Crippen molar-refractivity contribution < 1.29 is 4.74 Å². The molecule has 1 fully saturated rings. The summed E-state index contributed by atoms with van der Waals surface area (Å²) in [6.07, 6.45) is 3.30. The molecule has 3 aromatic heterocycles. The zero-order valence-corrected chi connectivity index (χ0v) is 17.0. The fraction of sp³-hybridized carbons (Fsp3) is 0.261. The molecule has 0 radical (unpaired) electrons. The maximum absolute atomic E-state index is 12.5. The third-order valence-electron chi connectivity index (χ3n) is 5.78. The van der Waals surface area contributed by atoms with Crippen molar-refractivity contribution in [3.05, 3.63) is 64.7 Å². The van der Waals surface area contributed by atoms with Crippen molar-refractivity contribution in [2.75, 3.05) is 18.0 Å². The molecule has 4 aromatic rings. The van der Waals surface area contributed by atoms with Gasteiger partial charge in [-0.25, -0.2) is 4.98 Å². The molecule has 154 valence electrons. The number of pyridine rings is 2. The molecule has 8 nitrogen and oxygen atoms in total. The topological polar surface area (TPSA) is 96.9 Å². The lowest BCUT2D eigenvalue weighted by molar-refractivity contribution is 0.165. The van der Waals surface area contributed by atoms with E-state index in [1.807, 2.05) is 24.3 Å². The molecule has 0 amide bonds. The maximum Gasteiger partial charge on any atom is 0.252 e. The molecule has 0 N–H and O–H groups in total. The summed E-state index contributed by atoms with van der Waals surface area (Å²) in [4.78, 5) is 19.1. The highest BCUT2D eigenvalue weighted by atomic mass is 16.5. The number of aryl methyl sites for hydroxylation is 1. The van der Waals surface area contributed by atoms with Crippen LogP contribution in [0.3, 0.4) is 0 Å². The van der Waals surface area contributed by atoms with Crippen LogP contribution in [-0.2, 0) is 7.05 Å². The Hall–Kier alpha value is -3.99. The Balaban J connectivity index is 1.39. The largest absolute Gasteiger partial charge is 0.473 e. The SMILES string of the molecule is Cn1c(=O)cc(N2CCC(Oc3nncc4ccccc34)CC2)c2nc(C#N)ccc21. The van der Waals surface area contributed by atoms with Crippen molar-refractivity contribution in [2.24, 2.45) is 7.05 Å². The summed E-state index contributed by atoms with van der Waals surface area (Å²) in [5.41, 5.74) is 2.38. The fourth-order valence-electron chi connectivity index (χ4n) is 4.08. The van der Waals surface area contributed by atoms with Gasteiger partial charge in [0.25, 0.3) is 5.56 Å². The van der Waals surface area contributed by atoms with Gasteiger partial charge in [0.1, 0.15) is 23.4 Å². The van der Waals surface area contributed by atoms with Crippen LogP contribution < -0.4 is 15.2 Å². The first-order chi connectivity index (χ1) is 15.1. The summed E-state index contributed by atoms with van der Waals surface area (Å²) in [6, 6.07) is 15.0. The summed E-state index contributed by atoms with van der Waals surface area (Å²) in [6.45, 7) is 1.42. The van der Waals surface area contributed by atoms with Crippen molar-refractivity contribution in [2.45, 2.75) is 18.9 Å². The molecule has 4 heterocycles.